The molecule has 0 radical (unpaired) electrons. The van der Waals surface area contributed by atoms with Crippen LogP contribution >= 0.6 is 23.2 Å². The highest BCUT2D eigenvalue weighted by molar-refractivity contribution is 6.38. The summed E-state index contributed by atoms with van der Waals surface area (Å²) < 4.78 is 10.8. The van der Waals surface area contributed by atoms with Crippen LogP contribution in [0.5, 0.6) is 11.5 Å². The van der Waals surface area contributed by atoms with Gasteiger partial charge in [-0.05, 0) is 35.9 Å². The highest BCUT2D eigenvalue weighted by Gasteiger charge is 2.62. The van der Waals surface area contributed by atoms with Crippen LogP contribution in [0.15, 0.2) is 42.5 Å². The summed E-state index contributed by atoms with van der Waals surface area (Å²) in [5.41, 5.74) is 0.324. The number of alkyl halides is 1. The molecular weight excluding hydrogens is 357 g/mol. The Balaban J connectivity index is 2.21. The third kappa shape index (κ3) is 2.39. The summed E-state index contributed by atoms with van der Waals surface area (Å²) in [5, 5.41) is 12.1. The number of fused-ring (bicyclic) bond motifs is 1. The number of benzene rings is 2. The maximum atomic E-state index is 12.9. The predicted molar refractivity (Wildman–Crippen MR) is 87.7 cm³/mol. The van der Waals surface area contributed by atoms with Gasteiger partial charge in [0.2, 0.25) is 6.10 Å². The van der Waals surface area contributed by atoms with E-state index in [0.29, 0.717) is 10.6 Å². The van der Waals surface area contributed by atoms with Crippen LogP contribution in [0, 0.1) is 10.1 Å². The second-order valence-corrected chi connectivity index (χ2v) is 6.16. The number of nitrogens with zero attached hydrogens (tertiary/aromatic N) is 1. The summed E-state index contributed by atoms with van der Waals surface area (Å²) in [4.78, 5) is 21.2. The zero-order valence-corrected chi connectivity index (χ0v) is 13.9. The average Bonchev–Trinajstić information content (AvgIpc) is 2.58. The van der Waals surface area contributed by atoms with Crippen LogP contribution in [-0.2, 0) is 0 Å². The van der Waals surface area contributed by atoms with Crippen molar-refractivity contribution < 1.29 is 19.2 Å². The van der Waals surface area contributed by atoms with Crippen LogP contribution in [0.3, 0.4) is 0 Å². The van der Waals surface area contributed by atoms with Gasteiger partial charge in [-0.1, -0.05) is 29.8 Å². The molecule has 0 saturated heterocycles. The van der Waals surface area contributed by atoms with Crippen molar-refractivity contribution >= 4 is 29.0 Å². The highest BCUT2D eigenvalue weighted by Crippen LogP contribution is 2.47. The molecule has 6 nitrogen and oxygen atoms in total. The summed E-state index contributed by atoms with van der Waals surface area (Å²) in [6.45, 7) is 0. The van der Waals surface area contributed by atoms with Crippen molar-refractivity contribution in [2.24, 2.45) is 0 Å². The Morgan fingerprint density at radius 1 is 1.25 bits per heavy atom. The predicted octanol–water partition coefficient (Wildman–Crippen LogP) is 3.88. The normalized spacial score (nSPS) is 22.5. The minimum atomic E-state index is -2.50. The zero-order chi connectivity index (χ0) is 17.5. The van der Waals surface area contributed by atoms with Gasteiger partial charge in [-0.3, -0.25) is 14.9 Å². The quantitative estimate of drug-likeness (QED) is 0.356. The number of Topliss-reactive ketones (excluding diaryl/α,β-unsaturated/α-hetero) is 1. The van der Waals surface area contributed by atoms with Gasteiger partial charge in [0.25, 0.3) is 5.78 Å². The van der Waals surface area contributed by atoms with Crippen LogP contribution in [0.2, 0.25) is 5.02 Å². The van der Waals surface area contributed by atoms with E-state index in [1.54, 1.807) is 18.2 Å². The second-order valence-electron chi connectivity index (χ2n) is 5.14. The van der Waals surface area contributed by atoms with Crippen molar-refractivity contribution in [3.8, 4) is 11.5 Å². The second kappa shape index (κ2) is 5.96. The van der Waals surface area contributed by atoms with E-state index in [1.165, 1.54) is 31.4 Å². The lowest BCUT2D eigenvalue weighted by Crippen LogP contribution is -2.51. The monoisotopic (exact) mass is 367 g/mol. The molecule has 1 aliphatic heterocycles. The lowest BCUT2D eigenvalue weighted by atomic mass is 9.90. The van der Waals surface area contributed by atoms with Crippen molar-refractivity contribution in [2.75, 3.05) is 7.11 Å². The molecule has 24 heavy (non-hydrogen) atoms. The minimum Gasteiger partial charge on any atom is -0.496 e. The molecule has 1 heterocycles. The first-order valence-electron chi connectivity index (χ1n) is 6.87. The first-order chi connectivity index (χ1) is 11.4. The number of ether oxygens (including phenoxy) is 2. The van der Waals surface area contributed by atoms with E-state index in [1.807, 2.05) is 0 Å². The summed E-state index contributed by atoms with van der Waals surface area (Å²) in [6, 6.07) is 10.8. The Labute approximate surface area is 147 Å². The zero-order valence-electron chi connectivity index (χ0n) is 12.4. The summed E-state index contributed by atoms with van der Waals surface area (Å²) in [6.07, 6.45) is -1.31. The molecule has 8 heteroatoms. The van der Waals surface area contributed by atoms with Crippen molar-refractivity contribution in [2.45, 2.75) is 11.1 Å². The van der Waals surface area contributed by atoms with Crippen LogP contribution in [-0.4, -0.2) is 22.8 Å². The molecule has 0 spiro atoms. The Morgan fingerprint density at radius 2 is 1.92 bits per heavy atom. The third-order valence-corrected chi connectivity index (χ3v) is 4.54. The summed E-state index contributed by atoms with van der Waals surface area (Å²) in [5.74, 6) is -0.538. The molecule has 0 bridgehead atoms. The molecule has 0 N–H and O–H groups in total. The topological polar surface area (TPSA) is 78.7 Å². The van der Waals surface area contributed by atoms with E-state index in [4.69, 9.17) is 32.7 Å². The van der Waals surface area contributed by atoms with E-state index < -0.39 is 21.8 Å². The Kier molecular flexibility index (Phi) is 4.11. The van der Waals surface area contributed by atoms with Gasteiger partial charge in [0.05, 0.1) is 12.0 Å². The molecule has 2 unspecified atom stereocenters. The fraction of sp³-hybridized carbons (Fsp3) is 0.188. The van der Waals surface area contributed by atoms with E-state index in [2.05, 4.69) is 0 Å². The van der Waals surface area contributed by atoms with Gasteiger partial charge in [-0.25, -0.2) is 0 Å². The van der Waals surface area contributed by atoms with Gasteiger partial charge in [-0.15, -0.1) is 0 Å². The van der Waals surface area contributed by atoms with Crippen molar-refractivity contribution in [1.82, 2.24) is 0 Å². The van der Waals surface area contributed by atoms with Crippen LogP contribution in [0.25, 0.3) is 0 Å². The first-order valence-corrected chi connectivity index (χ1v) is 7.62. The van der Waals surface area contributed by atoms with E-state index in [0.717, 1.165) is 0 Å². The molecule has 124 valence electrons. The highest BCUT2D eigenvalue weighted by atomic mass is 35.5. The largest absolute Gasteiger partial charge is 0.496 e. The fourth-order valence-electron chi connectivity index (χ4n) is 2.61. The standard InChI is InChI=1S/C16H11Cl2NO5/c1-23-11-3-2-4-12-13(11)14(20)16(18,19(21)22)15(24-12)9-5-7-10(17)8-6-9/h2-8,15H,1H3. The lowest BCUT2D eigenvalue weighted by Gasteiger charge is -2.33. The fourth-order valence-corrected chi connectivity index (χ4v) is 3.00. The molecule has 2 aromatic carbocycles. The number of ketones is 1. The van der Waals surface area contributed by atoms with Crippen molar-refractivity contribution in [1.29, 1.82) is 0 Å². The molecule has 0 aromatic heterocycles. The Morgan fingerprint density at radius 3 is 2.50 bits per heavy atom. The number of carbonyl (C=O) groups is 1. The van der Waals surface area contributed by atoms with Crippen molar-refractivity contribution in [3.63, 3.8) is 0 Å². The van der Waals surface area contributed by atoms with E-state index in [9.17, 15) is 14.9 Å². The molecular formula is C16H11Cl2NO5. The minimum absolute atomic E-state index is 0.0445. The molecule has 0 amide bonds. The van der Waals surface area contributed by atoms with Gasteiger partial charge >= 0.3 is 5.00 Å². The number of hydrogen-bond acceptors (Lipinski definition) is 5. The number of nitro groups is 1. The maximum Gasteiger partial charge on any atom is 0.397 e. The number of hydrogen-bond donors (Lipinski definition) is 0. The first kappa shape index (κ1) is 16.5. The summed E-state index contributed by atoms with van der Waals surface area (Å²) in [7, 11) is 1.36. The van der Waals surface area contributed by atoms with E-state index in [-0.39, 0.29) is 17.1 Å². The van der Waals surface area contributed by atoms with Gasteiger partial charge in [-0.2, -0.15) is 0 Å². The average molecular weight is 368 g/mol. The molecule has 2 aromatic rings. The van der Waals surface area contributed by atoms with Gasteiger partial charge in [0, 0.05) is 10.6 Å². The molecule has 0 fully saturated rings. The maximum absolute atomic E-state index is 12.9. The lowest BCUT2D eigenvalue weighted by molar-refractivity contribution is -0.536. The van der Waals surface area contributed by atoms with Crippen LogP contribution in [0.1, 0.15) is 22.0 Å². The Hall–Kier alpha value is -2.31. The SMILES string of the molecule is COc1cccc2c1C(=O)C(Cl)([N+](=O)[O-])C(c1ccc(Cl)cc1)O2. The third-order valence-electron chi connectivity index (χ3n) is 3.78. The van der Waals surface area contributed by atoms with Crippen LogP contribution in [0.4, 0.5) is 0 Å². The van der Waals surface area contributed by atoms with Crippen LogP contribution < -0.4 is 9.47 Å². The number of rotatable bonds is 3. The van der Waals surface area contributed by atoms with Gasteiger partial charge in [0.15, 0.2) is 0 Å². The molecule has 0 aliphatic carbocycles. The van der Waals surface area contributed by atoms with E-state index >= 15 is 0 Å². The molecule has 2 atom stereocenters. The smallest absolute Gasteiger partial charge is 0.397 e. The van der Waals surface area contributed by atoms with Gasteiger partial charge < -0.3 is 9.47 Å². The van der Waals surface area contributed by atoms with Gasteiger partial charge in [0.1, 0.15) is 17.1 Å². The molecule has 1 aliphatic rings. The molecule has 0 saturated carbocycles. The summed E-state index contributed by atoms with van der Waals surface area (Å²) >= 11 is 12.0. The Bertz CT molecular complexity index is 824. The number of carbonyl (C=O) groups excluding carboxylic acids is 1. The van der Waals surface area contributed by atoms with Crippen molar-refractivity contribution in [3.05, 3.63) is 68.7 Å². The molecule has 3 rings (SSSR count). The number of methoxy groups -OCH3 is 1. The number of halogens is 2.